The summed E-state index contributed by atoms with van der Waals surface area (Å²) < 4.78 is 0. The summed E-state index contributed by atoms with van der Waals surface area (Å²) in [5.74, 6) is 0.0456. The Labute approximate surface area is 89.5 Å². The molecule has 0 radical (unpaired) electrons. The first-order valence-corrected chi connectivity index (χ1v) is 5.85. The molecule has 0 atom stereocenters. The molecule has 0 unspecified atom stereocenters. The van der Waals surface area contributed by atoms with Gasteiger partial charge in [-0.3, -0.25) is 4.79 Å². The molecule has 0 amide bonds. The van der Waals surface area contributed by atoms with Gasteiger partial charge in [-0.2, -0.15) is 0 Å². The summed E-state index contributed by atoms with van der Waals surface area (Å²) in [5, 5.41) is 5.44. The number of carbonyl (C=O) groups excluding carboxylic acids is 1. The van der Waals surface area contributed by atoms with Crippen molar-refractivity contribution in [1.82, 2.24) is 9.97 Å². The van der Waals surface area contributed by atoms with E-state index in [1.807, 2.05) is 12.3 Å². The molecular weight excluding hydrogens is 216 g/mol. The predicted octanol–water partition coefficient (Wildman–Crippen LogP) is 2.33. The molecule has 14 heavy (non-hydrogen) atoms. The Morgan fingerprint density at radius 2 is 2.36 bits per heavy atom. The first-order valence-electron chi connectivity index (χ1n) is 4.09. The zero-order valence-corrected chi connectivity index (χ0v) is 9.19. The van der Waals surface area contributed by atoms with Crippen molar-refractivity contribution >= 4 is 28.5 Å². The Morgan fingerprint density at radius 3 is 2.93 bits per heavy atom. The summed E-state index contributed by atoms with van der Waals surface area (Å²) >= 11 is 2.99. The number of aromatic nitrogens is 2. The molecule has 0 N–H and O–H groups in total. The second-order valence-corrected chi connectivity index (χ2v) is 4.82. The fourth-order valence-corrected chi connectivity index (χ4v) is 2.29. The van der Waals surface area contributed by atoms with Crippen LogP contribution in [0.4, 0.5) is 0 Å². The maximum Gasteiger partial charge on any atom is 0.188 e. The van der Waals surface area contributed by atoms with E-state index in [1.54, 1.807) is 11.6 Å². The van der Waals surface area contributed by atoms with Crippen LogP contribution in [0.2, 0.25) is 0 Å². The van der Waals surface area contributed by atoms with Gasteiger partial charge >= 0.3 is 0 Å². The average molecular weight is 224 g/mol. The summed E-state index contributed by atoms with van der Waals surface area (Å²) in [5.41, 5.74) is 0.558. The highest BCUT2D eigenvalue weighted by molar-refractivity contribution is 7.10. The predicted molar refractivity (Wildman–Crippen MR) is 57.0 cm³/mol. The van der Waals surface area contributed by atoms with E-state index < -0.39 is 0 Å². The van der Waals surface area contributed by atoms with E-state index in [2.05, 4.69) is 9.97 Å². The van der Waals surface area contributed by atoms with Crippen molar-refractivity contribution in [3.63, 3.8) is 0 Å². The van der Waals surface area contributed by atoms with Gasteiger partial charge in [0.15, 0.2) is 5.78 Å². The van der Waals surface area contributed by atoms with Crippen molar-refractivity contribution in [1.29, 1.82) is 0 Å². The molecule has 0 bridgehead atoms. The lowest BCUT2D eigenvalue weighted by molar-refractivity contribution is 0.0988. The third-order valence-electron chi connectivity index (χ3n) is 1.70. The third kappa shape index (κ3) is 2.05. The Bertz CT molecular complexity index is 433. The molecule has 0 saturated carbocycles. The van der Waals surface area contributed by atoms with Crippen molar-refractivity contribution in [2.75, 3.05) is 0 Å². The van der Waals surface area contributed by atoms with Gasteiger partial charge < -0.3 is 0 Å². The van der Waals surface area contributed by atoms with Gasteiger partial charge in [0, 0.05) is 17.0 Å². The number of nitrogens with zero attached hydrogens (tertiary/aromatic N) is 2. The van der Waals surface area contributed by atoms with E-state index in [4.69, 9.17) is 0 Å². The summed E-state index contributed by atoms with van der Waals surface area (Å²) in [6, 6.07) is 0. The van der Waals surface area contributed by atoms with Crippen LogP contribution in [0.3, 0.4) is 0 Å². The highest BCUT2D eigenvalue weighted by Crippen LogP contribution is 2.12. The van der Waals surface area contributed by atoms with Gasteiger partial charge in [-0.25, -0.2) is 9.97 Å². The Hall–Kier alpha value is -1.07. The number of thiazole rings is 2. The second kappa shape index (κ2) is 3.98. The van der Waals surface area contributed by atoms with Crippen LogP contribution in [0.15, 0.2) is 17.0 Å². The number of ketones is 1. The topological polar surface area (TPSA) is 42.9 Å². The molecule has 72 valence electrons. The highest BCUT2D eigenvalue weighted by atomic mass is 32.1. The van der Waals surface area contributed by atoms with Crippen LogP contribution in [0.5, 0.6) is 0 Å². The van der Waals surface area contributed by atoms with Gasteiger partial charge in [0.2, 0.25) is 0 Å². The molecule has 0 aromatic carbocycles. The third-order valence-corrected chi connectivity index (χ3v) is 3.25. The van der Waals surface area contributed by atoms with E-state index >= 15 is 0 Å². The molecule has 0 aliphatic rings. The zero-order chi connectivity index (χ0) is 9.97. The zero-order valence-electron chi connectivity index (χ0n) is 7.56. The number of hydrogen-bond acceptors (Lipinski definition) is 5. The normalized spacial score (nSPS) is 10.4. The van der Waals surface area contributed by atoms with E-state index in [-0.39, 0.29) is 5.78 Å². The average Bonchev–Trinajstić information content (AvgIpc) is 2.75. The molecule has 3 nitrogen and oxygen atoms in total. The molecule has 0 aliphatic carbocycles. The SMILES string of the molecule is Cc1nc(C(=O)Cc2nccs2)cs1. The maximum absolute atomic E-state index is 11.6. The summed E-state index contributed by atoms with van der Waals surface area (Å²) in [4.78, 5) is 19.8. The molecule has 2 aromatic heterocycles. The molecule has 0 aliphatic heterocycles. The molecule has 5 heteroatoms. The molecule has 0 fully saturated rings. The second-order valence-electron chi connectivity index (χ2n) is 2.78. The minimum absolute atomic E-state index is 0.0456. The number of hydrogen-bond donors (Lipinski definition) is 0. The van der Waals surface area contributed by atoms with Gasteiger partial charge in [0.05, 0.1) is 11.4 Å². The van der Waals surface area contributed by atoms with Crippen molar-refractivity contribution in [3.8, 4) is 0 Å². The van der Waals surface area contributed by atoms with Gasteiger partial charge in [0.1, 0.15) is 10.7 Å². The number of rotatable bonds is 3. The molecule has 0 saturated heterocycles. The van der Waals surface area contributed by atoms with Gasteiger partial charge in [-0.1, -0.05) is 0 Å². The van der Waals surface area contributed by atoms with Crippen LogP contribution in [0, 0.1) is 6.92 Å². The van der Waals surface area contributed by atoms with E-state index in [0.717, 1.165) is 10.0 Å². The lowest BCUT2D eigenvalue weighted by Gasteiger charge is -1.91. The van der Waals surface area contributed by atoms with E-state index in [9.17, 15) is 4.79 Å². The van der Waals surface area contributed by atoms with Crippen molar-refractivity contribution in [2.45, 2.75) is 13.3 Å². The van der Waals surface area contributed by atoms with Crippen molar-refractivity contribution < 1.29 is 4.79 Å². The molecule has 2 heterocycles. The van der Waals surface area contributed by atoms with Crippen LogP contribution >= 0.6 is 22.7 Å². The Balaban J connectivity index is 2.10. The smallest absolute Gasteiger partial charge is 0.188 e. The molecule has 2 aromatic rings. The van der Waals surface area contributed by atoms with Crippen LogP contribution in [-0.2, 0) is 6.42 Å². The molecule has 2 rings (SSSR count). The Morgan fingerprint density at radius 1 is 1.50 bits per heavy atom. The molecule has 0 spiro atoms. The van der Waals surface area contributed by atoms with Gasteiger partial charge in [0.25, 0.3) is 0 Å². The minimum atomic E-state index is 0.0456. The number of Topliss-reactive ketones (excluding diaryl/α,β-unsaturated/α-hetero) is 1. The monoisotopic (exact) mass is 224 g/mol. The van der Waals surface area contributed by atoms with Crippen LogP contribution < -0.4 is 0 Å². The Kier molecular flexibility index (Phi) is 2.69. The minimum Gasteiger partial charge on any atom is -0.292 e. The van der Waals surface area contributed by atoms with Crippen LogP contribution in [-0.4, -0.2) is 15.8 Å². The summed E-state index contributed by atoms with van der Waals surface area (Å²) in [6.07, 6.45) is 2.07. The fraction of sp³-hybridized carbons (Fsp3) is 0.222. The lowest BCUT2D eigenvalue weighted by Crippen LogP contribution is -2.03. The first kappa shape index (κ1) is 9.48. The van der Waals surface area contributed by atoms with E-state index in [0.29, 0.717) is 12.1 Å². The fourth-order valence-electron chi connectivity index (χ4n) is 1.06. The maximum atomic E-state index is 11.6. The van der Waals surface area contributed by atoms with Crippen molar-refractivity contribution in [3.05, 3.63) is 32.7 Å². The van der Waals surface area contributed by atoms with E-state index in [1.165, 1.54) is 22.7 Å². The standard InChI is InChI=1S/C9H8N2OS2/c1-6-11-7(5-14-6)8(12)4-9-10-2-3-13-9/h2-3,5H,4H2,1H3. The largest absolute Gasteiger partial charge is 0.292 e. The van der Waals surface area contributed by atoms with Crippen molar-refractivity contribution in [2.24, 2.45) is 0 Å². The number of aryl methyl sites for hydroxylation is 1. The summed E-state index contributed by atoms with van der Waals surface area (Å²) in [6.45, 7) is 1.89. The first-order chi connectivity index (χ1) is 6.75. The van der Waals surface area contributed by atoms with Gasteiger partial charge in [-0.05, 0) is 6.92 Å². The quantitative estimate of drug-likeness (QED) is 0.751. The van der Waals surface area contributed by atoms with Crippen LogP contribution in [0.25, 0.3) is 0 Å². The lowest BCUT2D eigenvalue weighted by atomic mass is 10.2. The highest BCUT2D eigenvalue weighted by Gasteiger charge is 2.11. The van der Waals surface area contributed by atoms with Gasteiger partial charge in [-0.15, -0.1) is 22.7 Å². The molecular formula is C9H8N2OS2. The van der Waals surface area contributed by atoms with Crippen LogP contribution in [0.1, 0.15) is 20.5 Å². The number of carbonyl (C=O) groups is 1. The summed E-state index contributed by atoms with van der Waals surface area (Å²) in [7, 11) is 0.